The first-order chi connectivity index (χ1) is 10.9. The van der Waals surface area contributed by atoms with Crippen LogP contribution >= 0.6 is 0 Å². The normalized spacial score (nSPS) is 30.4. The van der Waals surface area contributed by atoms with E-state index < -0.39 is 0 Å². The molecule has 0 spiro atoms. The Labute approximate surface area is 139 Å². The molecule has 1 aromatic carbocycles. The maximum absolute atomic E-state index is 6.38. The van der Waals surface area contributed by atoms with Crippen LogP contribution in [0.4, 0.5) is 5.69 Å². The molecule has 0 saturated heterocycles. The average molecular weight is 307 g/mol. The van der Waals surface area contributed by atoms with Gasteiger partial charge in [0.2, 0.25) is 0 Å². The van der Waals surface area contributed by atoms with Crippen LogP contribution in [0.1, 0.15) is 40.2 Å². The lowest BCUT2D eigenvalue weighted by atomic mass is 9.71. The monoisotopic (exact) mass is 307 g/mol. The van der Waals surface area contributed by atoms with Crippen molar-refractivity contribution >= 4 is 11.3 Å². The van der Waals surface area contributed by atoms with Crippen molar-refractivity contribution in [1.82, 2.24) is 0 Å². The maximum atomic E-state index is 6.38. The lowest BCUT2D eigenvalue weighted by Gasteiger charge is -2.48. The number of ether oxygens (including phenoxy) is 1. The molecule has 2 atom stereocenters. The third-order valence-corrected chi connectivity index (χ3v) is 5.61. The second-order valence-electron chi connectivity index (χ2n) is 7.56. The number of hydrogen-bond donors (Lipinski definition) is 0. The molecule has 1 aliphatic carbocycles. The minimum absolute atomic E-state index is 0.0692. The van der Waals surface area contributed by atoms with Gasteiger partial charge in [0.1, 0.15) is 11.4 Å². The van der Waals surface area contributed by atoms with Gasteiger partial charge in [-0.3, -0.25) is 0 Å². The summed E-state index contributed by atoms with van der Waals surface area (Å²) in [5, 5.41) is 0. The molecule has 2 heterocycles. The number of para-hydroxylation sites is 1. The van der Waals surface area contributed by atoms with Gasteiger partial charge >= 0.3 is 0 Å². The first-order valence-electron chi connectivity index (χ1n) is 8.57. The highest BCUT2D eigenvalue weighted by Crippen LogP contribution is 2.56. The SMILES string of the molecule is CCN1c2ccccc2C2=CC(C)=C3OC(C)(C)C=CC3C21C. The lowest BCUT2D eigenvalue weighted by Crippen LogP contribution is -2.52. The Morgan fingerprint density at radius 3 is 2.65 bits per heavy atom. The summed E-state index contributed by atoms with van der Waals surface area (Å²) in [6, 6.07) is 8.78. The van der Waals surface area contributed by atoms with Crippen molar-refractivity contribution in [3.8, 4) is 0 Å². The summed E-state index contributed by atoms with van der Waals surface area (Å²) in [4.78, 5) is 2.54. The van der Waals surface area contributed by atoms with Gasteiger partial charge in [-0.1, -0.05) is 24.3 Å². The van der Waals surface area contributed by atoms with Gasteiger partial charge in [0, 0.05) is 17.8 Å². The molecule has 0 aromatic heterocycles. The standard InChI is InChI=1S/C21H25NO/c1-6-22-18-10-8-7-9-15(18)17-13-14(2)19-16(21(17,22)5)11-12-20(3,4)23-19/h7-13,16H,6H2,1-5H3. The quantitative estimate of drug-likeness (QED) is 0.682. The molecule has 4 rings (SSSR count). The van der Waals surface area contributed by atoms with E-state index in [2.05, 4.69) is 82.0 Å². The van der Waals surface area contributed by atoms with Crippen LogP contribution in [0.2, 0.25) is 0 Å². The second kappa shape index (κ2) is 4.53. The number of allylic oxidation sites excluding steroid dienone is 2. The summed E-state index contributed by atoms with van der Waals surface area (Å²) >= 11 is 0. The molecule has 2 unspecified atom stereocenters. The van der Waals surface area contributed by atoms with Crippen LogP contribution in [-0.2, 0) is 4.74 Å². The van der Waals surface area contributed by atoms with Gasteiger partial charge in [-0.05, 0) is 64.0 Å². The van der Waals surface area contributed by atoms with Crippen LogP contribution in [0.25, 0.3) is 5.57 Å². The van der Waals surface area contributed by atoms with Crippen molar-refractivity contribution < 1.29 is 4.74 Å². The molecular weight excluding hydrogens is 282 g/mol. The fourth-order valence-corrected chi connectivity index (χ4v) is 4.52. The molecule has 0 fully saturated rings. The Morgan fingerprint density at radius 2 is 1.91 bits per heavy atom. The van der Waals surface area contributed by atoms with Crippen LogP contribution in [0, 0.1) is 5.92 Å². The van der Waals surface area contributed by atoms with Crippen LogP contribution in [0.3, 0.4) is 0 Å². The smallest absolute Gasteiger partial charge is 0.121 e. The Morgan fingerprint density at radius 1 is 1.17 bits per heavy atom. The van der Waals surface area contributed by atoms with Gasteiger partial charge in [-0.2, -0.15) is 0 Å². The summed E-state index contributed by atoms with van der Waals surface area (Å²) in [7, 11) is 0. The van der Waals surface area contributed by atoms with Crippen molar-refractivity contribution in [3.05, 3.63) is 59.4 Å². The van der Waals surface area contributed by atoms with E-state index in [1.54, 1.807) is 0 Å². The Bertz CT molecular complexity index is 768. The number of benzene rings is 1. The third kappa shape index (κ3) is 1.81. The zero-order valence-electron chi connectivity index (χ0n) is 14.7. The van der Waals surface area contributed by atoms with Gasteiger partial charge in [0.25, 0.3) is 0 Å². The summed E-state index contributed by atoms with van der Waals surface area (Å²) in [6.07, 6.45) is 6.93. The predicted molar refractivity (Wildman–Crippen MR) is 96.3 cm³/mol. The van der Waals surface area contributed by atoms with E-state index in [-0.39, 0.29) is 17.1 Å². The van der Waals surface area contributed by atoms with Crippen molar-refractivity contribution in [3.63, 3.8) is 0 Å². The van der Waals surface area contributed by atoms with E-state index in [1.165, 1.54) is 22.4 Å². The van der Waals surface area contributed by atoms with Crippen molar-refractivity contribution in [2.75, 3.05) is 11.4 Å². The highest BCUT2D eigenvalue weighted by molar-refractivity contribution is 5.93. The predicted octanol–water partition coefficient (Wildman–Crippen LogP) is 4.94. The maximum Gasteiger partial charge on any atom is 0.121 e. The van der Waals surface area contributed by atoms with Crippen molar-refractivity contribution in [2.24, 2.45) is 5.92 Å². The molecule has 2 nitrogen and oxygen atoms in total. The Hall–Kier alpha value is -1.96. The second-order valence-corrected chi connectivity index (χ2v) is 7.56. The fourth-order valence-electron chi connectivity index (χ4n) is 4.52. The first kappa shape index (κ1) is 14.6. The lowest BCUT2D eigenvalue weighted by molar-refractivity contribution is 0.0429. The minimum atomic E-state index is -0.225. The highest BCUT2D eigenvalue weighted by atomic mass is 16.5. The Balaban J connectivity index is 1.97. The van der Waals surface area contributed by atoms with Crippen LogP contribution < -0.4 is 4.90 Å². The minimum Gasteiger partial charge on any atom is -0.487 e. The van der Waals surface area contributed by atoms with E-state index in [1.807, 2.05) is 0 Å². The van der Waals surface area contributed by atoms with Crippen molar-refractivity contribution in [1.29, 1.82) is 0 Å². The highest BCUT2D eigenvalue weighted by Gasteiger charge is 2.53. The number of rotatable bonds is 1. The van der Waals surface area contributed by atoms with Gasteiger partial charge in [0.05, 0.1) is 11.5 Å². The van der Waals surface area contributed by atoms with E-state index in [9.17, 15) is 0 Å². The molecule has 3 aliphatic rings. The molecule has 120 valence electrons. The molecular formula is C21H25NO. The zero-order valence-corrected chi connectivity index (χ0v) is 14.7. The molecule has 0 saturated carbocycles. The fraction of sp³-hybridized carbons (Fsp3) is 0.429. The molecule has 2 aliphatic heterocycles. The number of likely N-dealkylation sites (N-methyl/N-ethyl adjacent to an activating group) is 1. The molecule has 0 N–H and O–H groups in total. The number of nitrogens with zero attached hydrogens (tertiary/aromatic N) is 1. The Kier molecular flexibility index (Phi) is 2.88. The van der Waals surface area contributed by atoms with Crippen LogP contribution in [0.15, 0.2) is 53.8 Å². The zero-order chi connectivity index (χ0) is 16.4. The molecule has 1 aromatic rings. The summed E-state index contributed by atoms with van der Waals surface area (Å²) in [5.41, 5.74) is 5.10. The molecule has 23 heavy (non-hydrogen) atoms. The van der Waals surface area contributed by atoms with Crippen molar-refractivity contribution in [2.45, 2.75) is 45.8 Å². The molecule has 2 heteroatoms. The first-order valence-corrected chi connectivity index (χ1v) is 8.57. The van der Waals surface area contributed by atoms with Gasteiger partial charge in [-0.15, -0.1) is 0 Å². The van der Waals surface area contributed by atoms with Gasteiger partial charge < -0.3 is 9.64 Å². The van der Waals surface area contributed by atoms with E-state index in [0.29, 0.717) is 0 Å². The topological polar surface area (TPSA) is 12.5 Å². The van der Waals surface area contributed by atoms with Crippen LogP contribution in [-0.4, -0.2) is 17.7 Å². The number of fused-ring (bicyclic) bond motifs is 5. The van der Waals surface area contributed by atoms with E-state index in [4.69, 9.17) is 4.74 Å². The summed E-state index contributed by atoms with van der Waals surface area (Å²) in [6.45, 7) is 12.0. The van der Waals surface area contributed by atoms with E-state index in [0.717, 1.165) is 12.3 Å². The van der Waals surface area contributed by atoms with Crippen LogP contribution in [0.5, 0.6) is 0 Å². The molecule has 0 bridgehead atoms. The number of hydrogen-bond acceptors (Lipinski definition) is 2. The van der Waals surface area contributed by atoms with E-state index >= 15 is 0 Å². The largest absolute Gasteiger partial charge is 0.487 e. The third-order valence-electron chi connectivity index (χ3n) is 5.61. The summed E-state index contributed by atoms with van der Waals surface area (Å²) in [5.74, 6) is 1.40. The van der Waals surface area contributed by atoms with Gasteiger partial charge in [-0.25, -0.2) is 0 Å². The molecule has 0 radical (unpaired) electrons. The summed E-state index contributed by atoms with van der Waals surface area (Å²) < 4.78 is 6.38. The number of anilines is 1. The molecule has 0 amide bonds. The van der Waals surface area contributed by atoms with Gasteiger partial charge in [0.15, 0.2) is 0 Å². The average Bonchev–Trinajstić information content (AvgIpc) is 2.75.